The number of hydrogen-bond donors (Lipinski definition) is 1. The van der Waals surface area contributed by atoms with Crippen molar-refractivity contribution < 1.29 is 0 Å². The molecule has 0 amide bonds. The third-order valence-corrected chi connectivity index (χ3v) is 4.57. The van der Waals surface area contributed by atoms with Gasteiger partial charge in [0.15, 0.2) is 0 Å². The SMILES string of the molecule is CNCc1ccc(-c2cc(-c3cnn(C)c3)cn3nccc23)cc1C. The van der Waals surface area contributed by atoms with Crippen molar-refractivity contribution in [3.63, 3.8) is 0 Å². The summed E-state index contributed by atoms with van der Waals surface area (Å²) in [4.78, 5) is 0. The topological polar surface area (TPSA) is 47.2 Å². The van der Waals surface area contributed by atoms with E-state index in [0.29, 0.717) is 0 Å². The lowest BCUT2D eigenvalue weighted by Crippen LogP contribution is -2.06. The van der Waals surface area contributed by atoms with Crippen molar-refractivity contribution in [2.75, 3.05) is 7.05 Å². The Morgan fingerprint density at radius 1 is 1.00 bits per heavy atom. The van der Waals surface area contributed by atoms with Crippen LogP contribution < -0.4 is 5.32 Å². The zero-order chi connectivity index (χ0) is 17.4. The quantitative estimate of drug-likeness (QED) is 0.623. The summed E-state index contributed by atoms with van der Waals surface area (Å²) < 4.78 is 3.76. The van der Waals surface area contributed by atoms with Crippen molar-refractivity contribution in [1.29, 1.82) is 0 Å². The van der Waals surface area contributed by atoms with Crippen LogP contribution in [0, 0.1) is 6.92 Å². The first-order chi connectivity index (χ1) is 12.2. The standard InChI is InChI=1S/C20H21N5/c1-14-8-15(4-5-16(14)10-21-2)19-9-17(18-11-23-24(3)12-18)13-25-20(19)6-7-22-25/h4-9,11-13,21H,10H2,1-3H3. The minimum Gasteiger partial charge on any atom is -0.316 e. The van der Waals surface area contributed by atoms with Crippen LogP contribution in [0.1, 0.15) is 11.1 Å². The minimum atomic E-state index is 0.879. The Kier molecular flexibility index (Phi) is 3.86. The number of nitrogens with zero attached hydrogens (tertiary/aromatic N) is 4. The van der Waals surface area contributed by atoms with Crippen LogP contribution in [0.15, 0.2) is 55.1 Å². The lowest BCUT2D eigenvalue weighted by atomic mass is 9.97. The normalized spacial score (nSPS) is 11.3. The summed E-state index contributed by atoms with van der Waals surface area (Å²) in [6.07, 6.45) is 7.80. The molecule has 0 saturated heterocycles. The molecule has 0 atom stereocenters. The Bertz CT molecular complexity index is 1040. The first-order valence-corrected chi connectivity index (χ1v) is 8.36. The first-order valence-electron chi connectivity index (χ1n) is 8.36. The highest BCUT2D eigenvalue weighted by molar-refractivity contribution is 5.84. The molecule has 3 aromatic heterocycles. The smallest absolute Gasteiger partial charge is 0.0740 e. The molecule has 0 bridgehead atoms. The molecule has 0 spiro atoms. The predicted molar refractivity (Wildman–Crippen MR) is 100 cm³/mol. The second-order valence-corrected chi connectivity index (χ2v) is 6.38. The number of aromatic nitrogens is 4. The molecule has 126 valence electrons. The number of hydrogen-bond acceptors (Lipinski definition) is 3. The molecule has 0 radical (unpaired) electrons. The van der Waals surface area contributed by atoms with Gasteiger partial charge < -0.3 is 5.32 Å². The van der Waals surface area contributed by atoms with Crippen molar-refractivity contribution in [2.24, 2.45) is 7.05 Å². The summed E-state index contributed by atoms with van der Waals surface area (Å²) in [7, 11) is 3.90. The monoisotopic (exact) mass is 331 g/mol. The Morgan fingerprint density at radius 3 is 2.60 bits per heavy atom. The molecule has 0 saturated carbocycles. The molecule has 5 nitrogen and oxygen atoms in total. The number of fused-ring (bicyclic) bond motifs is 1. The molecule has 0 unspecified atom stereocenters. The summed E-state index contributed by atoms with van der Waals surface area (Å²) in [5.74, 6) is 0. The van der Waals surface area contributed by atoms with Gasteiger partial charge >= 0.3 is 0 Å². The Morgan fingerprint density at radius 2 is 1.88 bits per heavy atom. The van der Waals surface area contributed by atoms with Gasteiger partial charge in [-0.2, -0.15) is 10.2 Å². The van der Waals surface area contributed by atoms with Crippen LogP contribution in [0.25, 0.3) is 27.8 Å². The van der Waals surface area contributed by atoms with Gasteiger partial charge in [-0.15, -0.1) is 0 Å². The van der Waals surface area contributed by atoms with Gasteiger partial charge in [-0.25, -0.2) is 4.52 Å². The number of nitrogens with one attached hydrogen (secondary N) is 1. The Labute approximate surface area is 146 Å². The van der Waals surface area contributed by atoms with Gasteiger partial charge in [0.05, 0.1) is 11.7 Å². The summed E-state index contributed by atoms with van der Waals surface area (Å²) in [6.45, 7) is 3.04. The average molecular weight is 331 g/mol. The van der Waals surface area contributed by atoms with E-state index in [1.165, 1.54) is 22.3 Å². The molecule has 0 aliphatic rings. The maximum atomic E-state index is 4.45. The molecule has 0 fully saturated rings. The van der Waals surface area contributed by atoms with Crippen LogP contribution in [0.2, 0.25) is 0 Å². The molecule has 25 heavy (non-hydrogen) atoms. The number of rotatable bonds is 4. The van der Waals surface area contributed by atoms with Crippen LogP contribution in [0.4, 0.5) is 0 Å². The summed E-state index contributed by atoms with van der Waals surface area (Å²) in [6, 6.07) is 10.9. The Hall–Kier alpha value is -2.92. The minimum absolute atomic E-state index is 0.879. The second kappa shape index (κ2) is 6.18. The van der Waals surface area contributed by atoms with E-state index in [0.717, 1.165) is 23.2 Å². The fourth-order valence-corrected chi connectivity index (χ4v) is 3.24. The fraction of sp³-hybridized carbons (Fsp3) is 0.200. The second-order valence-electron chi connectivity index (χ2n) is 6.38. The van der Waals surface area contributed by atoms with Gasteiger partial charge in [0.1, 0.15) is 0 Å². The predicted octanol–water partition coefficient (Wildman–Crippen LogP) is 3.43. The van der Waals surface area contributed by atoms with Crippen molar-refractivity contribution in [3.8, 4) is 22.3 Å². The molecular formula is C20H21N5. The number of pyridine rings is 1. The van der Waals surface area contributed by atoms with E-state index in [-0.39, 0.29) is 0 Å². The molecule has 3 heterocycles. The summed E-state index contributed by atoms with van der Waals surface area (Å²) in [5, 5.41) is 12.0. The van der Waals surface area contributed by atoms with Gasteiger partial charge in [-0.3, -0.25) is 4.68 Å². The van der Waals surface area contributed by atoms with E-state index in [9.17, 15) is 0 Å². The van der Waals surface area contributed by atoms with E-state index in [1.54, 1.807) is 0 Å². The third kappa shape index (κ3) is 2.83. The van der Waals surface area contributed by atoms with Crippen molar-refractivity contribution in [1.82, 2.24) is 24.7 Å². The first kappa shape index (κ1) is 15.6. The highest BCUT2D eigenvalue weighted by atomic mass is 15.2. The van der Waals surface area contributed by atoms with Crippen molar-refractivity contribution in [3.05, 3.63) is 66.2 Å². The van der Waals surface area contributed by atoms with Crippen LogP contribution in [0.3, 0.4) is 0 Å². The molecule has 0 aliphatic heterocycles. The lowest BCUT2D eigenvalue weighted by molar-refractivity contribution is 0.768. The molecule has 4 rings (SSSR count). The number of aryl methyl sites for hydroxylation is 2. The summed E-state index contributed by atoms with van der Waals surface area (Å²) >= 11 is 0. The van der Waals surface area contributed by atoms with E-state index < -0.39 is 0 Å². The van der Waals surface area contributed by atoms with Gasteiger partial charge in [0, 0.05) is 48.9 Å². The lowest BCUT2D eigenvalue weighted by Gasteiger charge is -2.11. The van der Waals surface area contributed by atoms with E-state index in [1.807, 2.05) is 41.9 Å². The molecule has 1 aromatic carbocycles. The maximum absolute atomic E-state index is 4.45. The zero-order valence-electron chi connectivity index (χ0n) is 14.7. The van der Waals surface area contributed by atoms with Crippen LogP contribution in [0.5, 0.6) is 0 Å². The van der Waals surface area contributed by atoms with Gasteiger partial charge in [-0.1, -0.05) is 18.2 Å². The van der Waals surface area contributed by atoms with E-state index in [4.69, 9.17) is 0 Å². The van der Waals surface area contributed by atoms with Gasteiger partial charge in [0.25, 0.3) is 0 Å². The van der Waals surface area contributed by atoms with Crippen molar-refractivity contribution >= 4 is 5.52 Å². The molecule has 0 aliphatic carbocycles. The van der Waals surface area contributed by atoms with E-state index >= 15 is 0 Å². The molecule has 1 N–H and O–H groups in total. The fourth-order valence-electron chi connectivity index (χ4n) is 3.24. The van der Waals surface area contributed by atoms with Crippen molar-refractivity contribution in [2.45, 2.75) is 13.5 Å². The van der Waals surface area contributed by atoms with Gasteiger partial charge in [-0.05, 0) is 42.8 Å². The molecule has 5 heteroatoms. The maximum Gasteiger partial charge on any atom is 0.0740 e. The van der Waals surface area contributed by atoms with Crippen LogP contribution in [-0.2, 0) is 13.6 Å². The highest BCUT2D eigenvalue weighted by Gasteiger charge is 2.11. The van der Waals surface area contributed by atoms with Crippen LogP contribution in [-0.4, -0.2) is 26.4 Å². The largest absolute Gasteiger partial charge is 0.316 e. The average Bonchev–Trinajstić information content (AvgIpc) is 3.24. The highest BCUT2D eigenvalue weighted by Crippen LogP contribution is 2.31. The van der Waals surface area contributed by atoms with E-state index in [2.05, 4.69) is 59.0 Å². The molecular weight excluding hydrogens is 310 g/mol. The van der Waals surface area contributed by atoms with Crippen LogP contribution >= 0.6 is 0 Å². The Balaban J connectivity index is 1.88. The number of benzene rings is 1. The molecule has 4 aromatic rings. The third-order valence-electron chi connectivity index (χ3n) is 4.57. The van der Waals surface area contributed by atoms with Gasteiger partial charge in [0.2, 0.25) is 0 Å². The zero-order valence-corrected chi connectivity index (χ0v) is 14.7. The summed E-state index contributed by atoms with van der Waals surface area (Å²) in [5.41, 5.74) is 8.29.